The molecule has 4 aromatic rings. The van der Waals surface area contributed by atoms with Gasteiger partial charge in [0.2, 0.25) is 0 Å². The van der Waals surface area contributed by atoms with Gasteiger partial charge in [0.05, 0.1) is 0 Å². The fourth-order valence-electron chi connectivity index (χ4n) is 4.37. The Balaban J connectivity index is 1.57. The number of rotatable bonds is 4. The van der Waals surface area contributed by atoms with E-state index in [9.17, 15) is 0 Å². The summed E-state index contributed by atoms with van der Waals surface area (Å²) in [5, 5.41) is 4.46. The van der Waals surface area contributed by atoms with Crippen LogP contribution in [0.2, 0.25) is 5.02 Å². The second-order valence-corrected chi connectivity index (χ2v) is 8.96. The highest BCUT2D eigenvalue weighted by Gasteiger charge is 2.40. The molecule has 4 heteroatoms. The molecule has 33 heavy (non-hydrogen) atoms. The average Bonchev–Trinajstić information content (AvgIpc) is 2.87. The largest absolute Gasteiger partial charge is 0.348 e. The summed E-state index contributed by atoms with van der Waals surface area (Å²) in [6.07, 6.45) is -0.155. The highest BCUT2D eigenvalue weighted by atomic mass is 35.5. The summed E-state index contributed by atoms with van der Waals surface area (Å²) < 4.78 is 0. The molecule has 2 unspecified atom stereocenters. The second-order valence-electron chi connectivity index (χ2n) is 8.52. The minimum Gasteiger partial charge on any atom is -0.348 e. The first kappa shape index (κ1) is 21.4. The first-order chi connectivity index (χ1) is 16.0. The van der Waals surface area contributed by atoms with Crippen molar-refractivity contribution in [2.24, 2.45) is 4.99 Å². The van der Waals surface area contributed by atoms with Crippen LogP contribution >= 0.6 is 11.6 Å². The van der Waals surface area contributed by atoms with Crippen molar-refractivity contribution in [3.8, 4) is 11.1 Å². The van der Waals surface area contributed by atoms with Gasteiger partial charge in [-0.2, -0.15) is 0 Å². The maximum atomic E-state index is 6.17. The van der Waals surface area contributed by atoms with Gasteiger partial charge < -0.3 is 5.32 Å². The summed E-state index contributed by atoms with van der Waals surface area (Å²) in [7, 11) is 2.11. The number of hydrogen-bond acceptors (Lipinski definition) is 3. The van der Waals surface area contributed by atoms with Crippen LogP contribution in [0.5, 0.6) is 0 Å². The van der Waals surface area contributed by atoms with Crippen LogP contribution in [0.15, 0.2) is 114 Å². The number of nitrogens with one attached hydrogen (secondary N) is 1. The summed E-state index contributed by atoms with van der Waals surface area (Å²) in [5.74, 6) is 0.878. The van der Waals surface area contributed by atoms with Crippen molar-refractivity contribution < 1.29 is 0 Å². The maximum Gasteiger partial charge on any atom is 0.132 e. The van der Waals surface area contributed by atoms with Crippen molar-refractivity contribution in [1.29, 1.82) is 0 Å². The predicted molar refractivity (Wildman–Crippen MR) is 137 cm³/mol. The smallest absolute Gasteiger partial charge is 0.132 e. The first-order valence-electron chi connectivity index (χ1n) is 11.1. The van der Waals surface area contributed by atoms with E-state index in [2.05, 4.69) is 97.0 Å². The van der Waals surface area contributed by atoms with E-state index in [-0.39, 0.29) is 6.17 Å². The molecule has 1 heterocycles. The summed E-state index contributed by atoms with van der Waals surface area (Å²) in [6, 6.07) is 37.5. The minimum absolute atomic E-state index is 0.155. The molecule has 2 atom stereocenters. The third-order valence-corrected chi connectivity index (χ3v) is 6.71. The molecule has 1 aliphatic rings. The molecular formula is C29H26ClN3. The van der Waals surface area contributed by atoms with E-state index in [1.165, 1.54) is 16.7 Å². The SMILES string of the molecule is CN1C(c2ccc(Cl)cc2)N=C(c2ccccc2)NC1(C)c1ccc(-c2ccccc2)cc1. The van der Waals surface area contributed by atoms with Crippen molar-refractivity contribution in [3.63, 3.8) is 0 Å². The second kappa shape index (κ2) is 8.86. The van der Waals surface area contributed by atoms with Gasteiger partial charge in [0.1, 0.15) is 17.7 Å². The van der Waals surface area contributed by atoms with E-state index in [0.717, 1.165) is 22.0 Å². The van der Waals surface area contributed by atoms with Gasteiger partial charge in [0, 0.05) is 10.6 Å². The Morgan fingerprint density at radius 3 is 1.88 bits per heavy atom. The van der Waals surface area contributed by atoms with Gasteiger partial charge in [0.15, 0.2) is 0 Å². The lowest BCUT2D eigenvalue weighted by Crippen LogP contribution is -2.58. The van der Waals surface area contributed by atoms with Crippen LogP contribution in [0, 0.1) is 0 Å². The molecular weight excluding hydrogens is 426 g/mol. The number of hydrogen-bond donors (Lipinski definition) is 1. The van der Waals surface area contributed by atoms with Crippen LogP contribution in [0.4, 0.5) is 0 Å². The molecule has 0 saturated heterocycles. The molecule has 0 saturated carbocycles. The molecule has 1 aliphatic heterocycles. The number of nitrogens with zero attached hydrogens (tertiary/aromatic N) is 2. The topological polar surface area (TPSA) is 27.6 Å². The van der Waals surface area contributed by atoms with E-state index < -0.39 is 5.66 Å². The Morgan fingerprint density at radius 1 is 0.727 bits per heavy atom. The normalized spacial score (nSPS) is 20.7. The quantitative estimate of drug-likeness (QED) is 0.367. The van der Waals surface area contributed by atoms with Crippen LogP contribution in [0.25, 0.3) is 11.1 Å². The molecule has 5 rings (SSSR count). The molecule has 0 fully saturated rings. The zero-order chi connectivity index (χ0) is 22.8. The van der Waals surface area contributed by atoms with E-state index >= 15 is 0 Å². The molecule has 0 radical (unpaired) electrons. The zero-order valence-electron chi connectivity index (χ0n) is 18.7. The molecule has 0 spiro atoms. The van der Waals surface area contributed by atoms with Crippen LogP contribution in [0.1, 0.15) is 29.8 Å². The highest BCUT2D eigenvalue weighted by molar-refractivity contribution is 6.30. The lowest BCUT2D eigenvalue weighted by atomic mass is 9.93. The monoisotopic (exact) mass is 451 g/mol. The zero-order valence-corrected chi connectivity index (χ0v) is 19.5. The van der Waals surface area contributed by atoms with Gasteiger partial charge >= 0.3 is 0 Å². The lowest BCUT2D eigenvalue weighted by Gasteiger charge is -2.47. The number of benzene rings is 4. The molecule has 0 bridgehead atoms. The number of halogens is 1. The highest BCUT2D eigenvalue weighted by Crippen LogP contribution is 2.38. The van der Waals surface area contributed by atoms with Crippen molar-refractivity contribution in [3.05, 3.63) is 131 Å². The summed E-state index contributed by atoms with van der Waals surface area (Å²) in [4.78, 5) is 7.39. The Kier molecular flexibility index (Phi) is 5.76. The Bertz CT molecular complexity index is 1250. The Morgan fingerprint density at radius 2 is 1.27 bits per heavy atom. The first-order valence-corrected chi connectivity index (χ1v) is 11.5. The molecule has 4 aromatic carbocycles. The minimum atomic E-state index is -0.466. The van der Waals surface area contributed by atoms with Gasteiger partial charge in [-0.25, -0.2) is 4.99 Å². The lowest BCUT2D eigenvalue weighted by molar-refractivity contribution is 0.0604. The molecule has 164 valence electrons. The van der Waals surface area contributed by atoms with Crippen LogP contribution in [-0.2, 0) is 5.66 Å². The third-order valence-electron chi connectivity index (χ3n) is 6.45. The van der Waals surface area contributed by atoms with Crippen molar-refractivity contribution in [2.75, 3.05) is 7.05 Å². The van der Waals surface area contributed by atoms with Gasteiger partial charge in [-0.15, -0.1) is 0 Å². The van der Waals surface area contributed by atoms with Crippen molar-refractivity contribution in [1.82, 2.24) is 10.2 Å². The standard InChI is InChI=1S/C29H26ClN3/c1-29(25-17-13-22(14-18-25)21-9-5-3-6-10-21)32-27(23-11-7-4-8-12-23)31-28(33(29)2)24-15-19-26(30)20-16-24/h3-20,28H,1-2H3,(H,31,32). The maximum absolute atomic E-state index is 6.17. The Labute approximate surface area is 200 Å². The fourth-order valence-corrected chi connectivity index (χ4v) is 4.50. The van der Waals surface area contributed by atoms with E-state index in [1.54, 1.807) is 0 Å². The summed E-state index contributed by atoms with van der Waals surface area (Å²) in [6.45, 7) is 2.21. The van der Waals surface area contributed by atoms with Crippen LogP contribution < -0.4 is 5.32 Å². The van der Waals surface area contributed by atoms with Gasteiger partial charge in [-0.05, 0) is 48.4 Å². The molecule has 0 aromatic heterocycles. The molecule has 0 amide bonds. The molecule has 3 nitrogen and oxygen atoms in total. The van der Waals surface area contributed by atoms with Crippen LogP contribution in [-0.4, -0.2) is 17.8 Å². The molecule has 0 aliphatic carbocycles. The van der Waals surface area contributed by atoms with E-state index in [4.69, 9.17) is 16.6 Å². The van der Waals surface area contributed by atoms with Gasteiger partial charge in [0.25, 0.3) is 0 Å². The number of amidine groups is 1. The number of aliphatic imine (C=N–C) groups is 1. The summed E-state index contributed by atoms with van der Waals surface area (Å²) >= 11 is 6.17. The van der Waals surface area contributed by atoms with Gasteiger partial charge in [-0.3, -0.25) is 4.90 Å². The Hall–Kier alpha value is -3.40. The van der Waals surface area contributed by atoms with Crippen molar-refractivity contribution >= 4 is 17.4 Å². The van der Waals surface area contributed by atoms with E-state index in [1.807, 2.05) is 36.4 Å². The molecule has 1 N–H and O–H groups in total. The van der Waals surface area contributed by atoms with E-state index in [0.29, 0.717) is 0 Å². The summed E-state index contributed by atoms with van der Waals surface area (Å²) in [5.41, 5.74) is 5.29. The van der Waals surface area contributed by atoms with Crippen molar-refractivity contribution in [2.45, 2.75) is 18.8 Å². The van der Waals surface area contributed by atoms with Crippen LogP contribution in [0.3, 0.4) is 0 Å². The average molecular weight is 452 g/mol. The third kappa shape index (κ3) is 4.18. The van der Waals surface area contributed by atoms with Gasteiger partial charge in [-0.1, -0.05) is 109 Å². The predicted octanol–water partition coefficient (Wildman–Crippen LogP) is 6.86. The fraction of sp³-hybridized carbons (Fsp3) is 0.138.